The Balaban J connectivity index is 1.75. The van der Waals surface area contributed by atoms with Gasteiger partial charge in [0.15, 0.2) is 11.5 Å². The fourth-order valence-corrected chi connectivity index (χ4v) is 5.46. The summed E-state index contributed by atoms with van der Waals surface area (Å²) in [6.07, 6.45) is 0.931. The molecule has 2 fully saturated rings. The molecule has 0 aromatic heterocycles. The lowest BCUT2D eigenvalue weighted by Gasteiger charge is -2.23. The van der Waals surface area contributed by atoms with Gasteiger partial charge in [-0.15, -0.1) is 0 Å². The van der Waals surface area contributed by atoms with Gasteiger partial charge in [0.05, 0.1) is 4.90 Å². The average Bonchev–Trinajstić information content (AvgIpc) is 3.12. The van der Waals surface area contributed by atoms with Crippen molar-refractivity contribution in [1.82, 2.24) is 9.62 Å². The zero-order valence-corrected chi connectivity index (χ0v) is 12.6. The van der Waals surface area contributed by atoms with E-state index in [-0.39, 0.29) is 12.8 Å². The van der Waals surface area contributed by atoms with Crippen LogP contribution in [0.4, 0.5) is 0 Å². The van der Waals surface area contributed by atoms with Gasteiger partial charge in [-0.05, 0) is 37.4 Å². The van der Waals surface area contributed by atoms with E-state index >= 15 is 0 Å². The van der Waals surface area contributed by atoms with E-state index in [1.165, 1.54) is 0 Å². The fourth-order valence-electron chi connectivity index (χ4n) is 3.54. The first kappa shape index (κ1) is 13.4. The van der Waals surface area contributed by atoms with Crippen LogP contribution in [0.3, 0.4) is 0 Å². The van der Waals surface area contributed by atoms with Crippen LogP contribution in [0.2, 0.25) is 0 Å². The van der Waals surface area contributed by atoms with Gasteiger partial charge in [0.1, 0.15) is 0 Å². The molecular formula is C14H18N2O4S. The van der Waals surface area contributed by atoms with Gasteiger partial charge in [0.25, 0.3) is 0 Å². The Labute approximate surface area is 124 Å². The molecule has 1 aromatic rings. The molecule has 7 heteroatoms. The largest absolute Gasteiger partial charge is 0.454 e. The lowest BCUT2D eigenvalue weighted by Crippen LogP contribution is -2.39. The van der Waals surface area contributed by atoms with Crippen molar-refractivity contribution >= 4 is 10.0 Å². The Hall–Kier alpha value is -1.31. The quantitative estimate of drug-likeness (QED) is 0.871. The molecule has 4 rings (SSSR count). The molecule has 0 saturated carbocycles. The van der Waals surface area contributed by atoms with Gasteiger partial charge in [-0.1, -0.05) is 0 Å². The van der Waals surface area contributed by atoms with E-state index in [9.17, 15) is 8.42 Å². The molecular weight excluding hydrogens is 292 g/mol. The molecule has 3 aliphatic rings. The molecule has 1 N–H and O–H groups in total. The Morgan fingerprint density at radius 2 is 2.00 bits per heavy atom. The molecule has 2 atom stereocenters. The summed E-state index contributed by atoms with van der Waals surface area (Å²) in [6.45, 7) is 4.21. The summed E-state index contributed by atoms with van der Waals surface area (Å²) in [6, 6.07) is 3.43. The Morgan fingerprint density at radius 3 is 2.81 bits per heavy atom. The topological polar surface area (TPSA) is 67.9 Å². The maximum Gasteiger partial charge on any atom is 0.243 e. The van der Waals surface area contributed by atoms with Crippen LogP contribution in [0.5, 0.6) is 11.5 Å². The molecule has 6 nitrogen and oxygen atoms in total. The van der Waals surface area contributed by atoms with Gasteiger partial charge in [0.2, 0.25) is 16.8 Å². The van der Waals surface area contributed by atoms with E-state index < -0.39 is 10.0 Å². The zero-order chi connectivity index (χ0) is 14.6. The highest BCUT2D eigenvalue weighted by Crippen LogP contribution is 2.39. The molecule has 21 heavy (non-hydrogen) atoms. The van der Waals surface area contributed by atoms with E-state index in [1.807, 2.05) is 0 Å². The number of aryl methyl sites for hydroxylation is 1. The van der Waals surface area contributed by atoms with Crippen LogP contribution in [0.1, 0.15) is 12.0 Å². The monoisotopic (exact) mass is 310 g/mol. The summed E-state index contributed by atoms with van der Waals surface area (Å²) in [5.74, 6) is 1.57. The second-order valence-corrected chi connectivity index (χ2v) is 7.72. The first-order valence-corrected chi connectivity index (χ1v) is 8.64. The molecule has 0 aliphatic carbocycles. The Kier molecular flexibility index (Phi) is 2.92. The van der Waals surface area contributed by atoms with Crippen molar-refractivity contribution in [2.75, 3.05) is 26.4 Å². The lowest BCUT2D eigenvalue weighted by atomic mass is 10.1. The second kappa shape index (κ2) is 4.59. The van der Waals surface area contributed by atoms with Crippen LogP contribution >= 0.6 is 0 Å². The molecule has 2 saturated heterocycles. The van der Waals surface area contributed by atoms with Crippen molar-refractivity contribution in [3.05, 3.63) is 17.7 Å². The average molecular weight is 310 g/mol. The Morgan fingerprint density at radius 1 is 1.24 bits per heavy atom. The number of hydrogen-bond donors (Lipinski definition) is 1. The highest BCUT2D eigenvalue weighted by Gasteiger charge is 2.44. The van der Waals surface area contributed by atoms with E-state index in [1.54, 1.807) is 23.4 Å². The van der Waals surface area contributed by atoms with Crippen LogP contribution < -0.4 is 14.8 Å². The zero-order valence-electron chi connectivity index (χ0n) is 11.8. The van der Waals surface area contributed by atoms with Crippen LogP contribution in [0.25, 0.3) is 0 Å². The molecule has 0 spiro atoms. The number of benzene rings is 1. The normalized spacial score (nSPS) is 28.0. The highest BCUT2D eigenvalue weighted by molar-refractivity contribution is 7.89. The number of nitrogens with zero attached hydrogens (tertiary/aromatic N) is 1. The fraction of sp³-hybridized carbons (Fsp3) is 0.571. The van der Waals surface area contributed by atoms with E-state index in [4.69, 9.17) is 9.47 Å². The Bertz CT molecular complexity index is 688. The first-order chi connectivity index (χ1) is 10.1. The van der Waals surface area contributed by atoms with Gasteiger partial charge in [-0.3, -0.25) is 0 Å². The SMILES string of the molecule is Cc1cc2c(cc1S(=O)(=O)N1CC[C@H]3CNC[C@H]31)OCO2. The van der Waals surface area contributed by atoms with Gasteiger partial charge in [0, 0.05) is 25.2 Å². The number of rotatable bonds is 2. The number of nitrogens with one attached hydrogen (secondary N) is 1. The number of ether oxygens (including phenoxy) is 2. The summed E-state index contributed by atoms with van der Waals surface area (Å²) in [4.78, 5) is 0.333. The van der Waals surface area contributed by atoms with Crippen molar-refractivity contribution in [2.45, 2.75) is 24.3 Å². The van der Waals surface area contributed by atoms with E-state index in [0.717, 1.165) is 19.5 Å². The van der Waals surface area contributed by atoms with Crippen molar-refractivity contribution in [3.63, 3.8) is 0 Å². The molecule has 114 valence electrons. The minimum atomic E-state index is -3.49. The molecule has 0 amide bonds. The van der Waals surface area contributed by atoms with E-state index in [0.29, 0.717) is 34.4 Å². The first-order valence-electron chi connectivity index (χ1n) is 7.20. The molecule has 0 radical (unpaired) electrons. The minimum Gasteiger partial charge on any atom is -0.454 e. The maximum absolute atomic E-state index is 13.0. The van der Waals surface area contributed by atoms with Crippen LogP contribution in [-0.4, -0.2) is 45.2 Å². The summed E-state index contributed by atoms with van der Waals surface area (Å²) in [5, 5.41) is 3.28. The predicted octanol–water partition coefficient (Wildman–Crippen LogP) is 0.706. The van der Waals surface area contributed by atoms with Crippen LogP contribution in [0.15, 0.2) is 17.0 Å². The summed E-state index contributed by atoms with van der Waals surface area (Å²) in [7, 11) is -3.49. The number of hydrogen-bond acceptors (Lipinski definition) is 5. The molecule has 3 aliphatic heterocycles. The van der Waals surface area contributed by atoms with Crippen LogP contribution in [-0.2, 0) is 10.0 Å². The summed E-state index contributed by atoms with van der Waals surface area (Å²) in [5.41, 5.74) is 0.702. The number of sulfonamides is 1. The van der Waals surface area contributed by atoms with Crippen molar-refractivity contribution in [2.24, 2.45) is 5.92 Å². The van der Waals surface area contributed by atoms with Gasteiger partial charge >= 0.3 is 0 Å². The molecule has 1 aromatic carbocycles. The molecule has 3 heterocycles. The molecule has 0 unspecified atom stereocenters. The summed E-state index contributed by atoms with van der Waals surface area (Å²) < 4.78 is 38.3. The standard InChI is InChI=1S/C14H18N2O4S/c1-9-4-12-13(20-8-19-12)5-14(9)21(17,18)16-3-2-10-6-15-7-11(10)16/h4-5,10-11,15H,2-3,6-8H2,1H3/t10-,11+/m0/s1. The van der Waals surface area contributed by atoms with Gasteiger partial charge in [-0.25, -0.2) is 8.42 Å². The third kappa shape index (κ3) is 1.95. The second-order valence-electron chi connectivity index (χ2n) is 5.86. The van der Waals surface area contributed by atoms with Crippen LogP contribution in [0, 0.1) is 12.8 Å². The third-order valence-corrected chi connectivity index (χ3v) is 6.72. The summed E-state index contributed by atoms with van der Waals surface area (Å²) >= 11 is 0. The number of fused-ring (bicyclic) bond motifs is 2. The van der Waals surface area contributed by atoms with Crippen molar-refractivity contribution in [1.29, 1.82) is 0 Å². The predicted molar refractivity (Wildman–Crippen MR) is 76.0 cm³/mol. The minimum absolute atomic E-state index is 0.0832. The van der Waals surface area contributed by atoms with Crippen molar-refractivity contribution < 1.29 is 17.9 Å². The van der Waals surface area contributed by atoms with Gasteiger partial charge in [-0.2, -0.15) is 4.31 Å². The van der Waals surface area contributed by atoms with E-state index in [2.05, 4.69) is 5.32 Å². The van der Waals surface area contributed by atoms with Gasteiger partial charge < -0.3 is 14.8 Å². The molecule has 0 bridgehead atoms. The highest BCUT2D eigenvalue weighted by atomic mass is 32.2. The van der Waals surface area contributed by atoms with Crippen molar-refractivity contribution in [3.8, 4) is 11.5 Å². The smallest absolute Gasteiger partial charge is 0.243 e. The maximum atomic E-state index is 13.0. The third-order valence-electron chi connectivity index (χ3n) is 4.65. The lowest BCUT2D eigenvalue weighted by molar-refractivity contribution is 0.174.